The van der Waals surface area contributed by atoms with Crippen LogP contribution in [0.5, 0.6) is 0 Å². The zero-order valence-electron chi connectivity index (χ0n) is 13.4. The summed E-state index contributed by atoms with van der Waals surface area (Å²) in [4.78, 5) is 24.2. The zero-order chi connectivity index (χ0) is 17.1. The van der Waals surface area contributed by atoms with E-state index in [0.29, 0.717) is 10.6 Å². The van der Waals surface area contributed by atoms with Gasteiger partial charge in [-0.1, -0.05) is 42.8 Å². The molecule has 2 unspecified atom stereocenters. The molecule has 2 aromatic rings. The number of aryl methyl sites for hydroxylation is 1. The van der Waals surface area contributed by atoms with Gasteiger partial charge in [0.15, 0.2) is 0 Å². The number of hydrogen-bond acceptors (Lipinski definition) is 2. The third-order valence-corrected chi connectivity index (χ3v) is 4.56. The Kier molecular flexibility index (Phi) is 4.86. The first-order chi connectivity index (χ1) is 11.6. The number of nitrogens with one attached hydrogen (secondary N) is 2. The Morgan fingerprint density at radius 2 is 1.88 bits per heavy atom. The molecule has 0 radical (unpaired) electrons. The molecular formula is C19H19ClN2O2. The summed E-state index contributed by atoms with van der Waals surface area (Å²) in [6, 6.07) is 14.9. The van der Waals surface area contributed by atoms with Crippen molar-refractivity contribution in [2.45, 2.75) is 25.7 Å². The van der Waals surface area contributed by atoms with E-state index in [-0.39, 0.29) is 23.7 Å². The fraction of sp³-hybridized carbons (Fsp3) is 0.263. The number of amides is 2. The van der Waals surface area contributed by atoms with Crippen LogP contribution in [0.15, 0.2) is 48.5 Å². The van der Waals surface area contributed by atoms with E-state index in [0.717, 1.165) is 24.0 Å². The first kappa shape index (κ1) is 16.5. The molecule has 1 aliphatic rings. The lowest BCUT2D eigenvalue weighted by molar-refractivity contribution is -0.123. The lowest BCUT2D eigenvalue weighted by Crippen LogP contribution is -2.42. The highest BCUT2D eigenvalue weighted by atomic mass is 35.5. The number of hydrazine groups is 1. The maximum absolute atomic E-state index is 12.2. The Bertz CT molecular complexity index is 758. The van der Waals surface area contributed by atoms with E-state index in [1.165, 1.54) is 0 Å². The van der Waals surface area contributed by atoms with Crippen LogP contribution in [-0.2, 0) is 11.2 Å². The molecule has 0 spiro atoms. The third kappa shape index (κ3) is 3.77. The average Bonchev–Trinajstić information content (AvgIpc) is 3.40. The summed E-state index contributed by atoms with van der Waals surface area (Å²) >= 11 is 5.98. The summed E-state index contributed by atoms with van der Waals surface area (Å²) in [5.74, 6) is -0.430. The molecule has 3 rings (SSSR count). The van der Waals surface area contributed by atoms with Crippen molar-refractivity contribution in [3.8, 4) is 0 Å². The predicted octanol–water partition coefficient (Wildman–Crippen LogP) is 3.47. The average molecular weight is 343 g/mol. The van der Waals surface area contributed by atoms with Gasteiger partial charge in [0, 0.05) is 16.5 Å². The quantitative estimate of drug-likeness (QED) is 0.836. The first-order valence-corrected chi connectivity index (χ1v) is 8.41. The van der Waals surface area contributed by atoms with Crippen LogP contribution >= 0.6 is 11.6 Å². The fourth-order valence-corrected chi connectivity index (χ4v) is 2.96. The van der Waals surface area contributed by atoms with Crippen LogP contribution in [-0.4, -0.2) is 11.8 Å². The van der Waals surface area contributed by atoms with E-state index in [1.807, 2.05) is 36.4 Å². The molecule has 0 bridgehead atoms. The van der Waals surface area contributed by atoms with E-state index in [2.05, 4.69) is 17.8 Å². The van der Waals surface area contributed by atoms with Crippen molar-refractivity contribution in [2.75, 3.05) is 0 Å². The summed E-state index contributed by atoms with van der Waals surface area (Å²) in [6.07, 6.45) is 1.69. The van der Waals surface area contributed by atoms with Crippen molar-refractivity contribution in [2.24, 2.45) is 5.92 Å². The molecule has 0 saturated heterocycles. The van der Waals surface area contributed by atoms with E-state index < -0.39 is 0 Å². The van der Waals surface area contributed by atoms with Gasteiger partial charge in [-0.2, -0.15) is 0 Å². The number of halogens is 1. The third-order valence-electron chi connectivity index (χ3n) is 4.33. The van der Waals surface area contributed by atoms with Crippen LogP contribution in [0.4, 0.5) is 0 Å². The molecule has 0 aliphatic heterocycles. The van der Waals surface area contributed by atoms with Gasteiger partial charge in [-0.25, -0.2) is 0 Å². The molecule has 24 heavy (non-hydrogen) atoms. The molecule has 1 aliphatic carbocycles. The van der Waals surface area contributed by atoms with Crippen LogP contribution < -0.4 is 10.9 Å². The minimum absolute atomic E-state index is 0.119. The van der Waals surface area contributed by atoms with Gasteiger partial charge in [0.05, 0.1) is 0 Å². The normalized spacial score (nSPS) is 18.8. The zero-order valence-corrected chi connectivity index (χ0v) is 14.1. The van der Waals surface area contributed by atoms with Crippen LogP contribution in [0.2, 0.25) is 5.02 Å². The van der Waals surface area contributed by atoms with Crippen molar-refractivity contribution in [3.05, 3.63) is 70.2 Å². The van der Waals surface area contributed by atoms with Crippen LogP contribution in [0.1, 0.15) is 40.7 Å². The molecule has 2 aromatic carbocycles. The molecule has 2 N–H and O–H groups in total. The standard InChI is InChI=1S/C19H19ClN2O2/c1-2-12-6-8-13(9-7-12)18(23)21-22-19(24)17-11-16(17)14-4-3-5-15(20)10-14/h3-10,16-17H,2,11H2,1H3,(H,21,23)(H,22,24). The van der Waals surface area contributed by atoms with Crippen molar-refractivity contribution in [1.29, 1.82) is 0 Å². The van der Waals surface area contributed by atoms with Gasteiger partial charge in [0.25, 0.3) is 5.91 Å². The Labute approximate surface area is 146 Å². The summed E-state index contributed by atoms with van der Waals surface area (Å²) in [5.41, 5.74) is 7.74. The molecule has 124 valence electrons. The second-order valence-electron chi connectivity index (χ2n) is 6.00. The molecule has 1 saturated carbocycles. The van der Waals surface area contributed by atoms with Gasteiger partial charge in [0.1, 0.15) is 0 Å². The van der Waals surface area contributed by atoms with Crippen LogP contribution in [0, 0.1) is 5.92 Å². The van der Waals surface area contributed by atoms with E-state index in [1.54, 1.807) is 12.1 Å². The van der Waals surface area contributed by atoms with Crippen LogP contribution in [0.25, 0.3) is 0 Å². The maximum atomic E-state index is 12.2. The Balaban J connectivity index is 1.52. The number of carbonyl (C=O) groups is 2. The molecule has 0 aromatic heterocycles. The molecule has 2 amide bonds. The molecular weight excluding hydrogens is 324 g/mol. The second kappa shape index (κ2) is 7.05. The van der Waals surface area contributed by atoms with Gasteiger partial charge in [-0.05, 0) is 54.2 Å². The van der Waals surface area contributed by atoms with Gasteiger partial charge in [0.2, 0.25) is 5.91 Å². The highest BCUT2D eigenvalue weighted by Crippen LogP contribution is 2.47. The molecule has 2 atom stereocenters. The van der Waals surface area contributed by atoms with Gasteiger partial charge in [-0.3, -0.25) is 20.4 Å². The minimum Gasteiger partial charge on any atom is -0.273 e. The highest BCUT2D eigenvalue weighted by Gasteiger charge is 2.44. The Morgan fingerprint density at radius 1 is 1.12 bits per heavy atom. The smallest absolute Gasteiger partial charge is 0.269 e. The number of benzene rings is 2. The fourth-order valence-electron chi connectivity index (χ4n) is 2.77. The Hall–Kier alpha value is -2.33. The van der Waals surface area contributed by atoms with Gasteiger partial charge >= 0.3 is 0 Å². The topological polar surface area (TPSA) is 58.2 Å². The van der Waals surface area contributed by atoms with Crippen LogP contribution in [0.3, 0.4) is 0 Å². The second-order valence-corrected chi connectivity index (χ2v) is 6.43. The number of rotatable bonds is 4. The molecule has 1 fully saturated rings. The SMILES string of the molecule is CCc1ccc(C(=O)NNC(=O)C2CC2c2cccc(Cl)c2)cc1. The number of hydrogen-bond donors (Lipinski definition) is 2. The van der Waals surface area contributed by atoms with Crippen molar-refractivity contribution >= 4 is 23.4 Å². The highest BCUT2D eigenvalue weighted by molar-refractivity contribution is 6.30. The van der Waals surface area contributed by atoms with Gasteiger partial charge < -0.3 is 0 Å². The summed E-state index contributed by atoms with van der Waals surface area (Å²) in [6.45, 7) is 2.06. The van der Waals surface area contributed by atoms with E-state index in [4.69, 9.17) is 11.6 Å². The summed E-state index contributed by atoms with van der Waals surface area (Å²) in [7, 11) is 0. The molecule has 0 heterocycles. The van der Waals surface area contributed by atoms with E-state index in [9.17, 15) is 9.59 Å². The first-order valence-electron chi connectivity index (χ1n) is 8.03. The van der Waals surface area contributed by atoms with Crippen molar-refractivity contribution < 1.29 is 9.59 Å². The lowest BCUT2D eigenvalue weighted by atomic mass is 10.1. The summed E-state index contributed by atoms with van der Waals surface area (Å²) in [5, 5.41) is 0.669. The maximum Gasteiger partial charge on any atom is 0.269 e. The molecule has 5 heteroatoms. The lowest BCUT2D eigenvalue weighted by Gasteiger charge is -2.08. The largest absolute Gasteiger partial charge is 0.273 e. The predicted molar refractivity (Wildman–Crippen MR) is 93.7 cm³/mol. The summed E-state index contributed by atoms with van der Waals surface area (Å²) < 4.78 is 0. The minimum atomic E-state index is -0.314. The Morgan fingerprint density at radius 3 is 2.54 bits per heavy atom. The number of carbonyl (C=O) groups excluding carboxylic acids is 2. The van der Waals surface area contributed by atoms with E-state index >= 15 is 0 Å². The molecule has 4 nitrogen and oxygen atoms in total. The monoisotopic (exact) mass is 342 g/mol. The van der Waals surface area contributed by atoms with Crippen molar-refractivity contribution in [1.82, 2.24) is 10.9 Å². The van der Waals surface area contributed by atoms with Gasteiger partial charge in [-0.15, -0.1) is 0 Å². The van der Waals surface area contributed by atoms with Crippen molar-refractivity contribution in [3.63, 3.8) is 0 Å².